The summed E-state index contributed by atoms with van der Waals surface area (Å²) >= 11 is 0. The summed E-state index contributed by atoms with van der Waals surface area (Å²) in [4.78, 5) is 16.9. The van der Waals surface area contributed by atoms with Crippen LogP contribution >= 0.6 is 0 Å². The second kappa shape index (κ2) is 6.45. The first kappa shape index (κ1) is 17.7. The Kier molecular flexibility index (Phi) is 4.22. The monoisotopic (exact) mass is 387 g/mol. The lowest BCUT2D eigenvalue weighted by molar-refractivity contribution is 0.415. The maximum absolute atomic E-state index is 13.5. The van der Waals surface area contributed by atoms with E-state index in [1.54, 1.807) is 37.4 Å². The predicted octanol–water partition coefficient (Wildman–Crippen LogP) is 2.86. The highest BCUT2D eigenvalue weighted by atomic mass is 32.2. The standard InChI is InChI=1S/C19H21N3O4S/c1-12(13-3-4-13)22(14-5-7-15(26-2)8-6-14)27(24,25)16-9-10-17-18(11-16)21-19(23)20-17/h5-13H,3-4H2,1-2H3,(H2,20,21,23). The molecule has 1 atom stereocenters. The number of ether oxygens (including phenoxy) is 1. The molecule has 27 heavy (non-hydrogen) atoms. The molecular weight excluding hydrogens is 366 g/mol. The molecule has 1 aliphatic carbocycles. The van der Waals surface area contributed by atoms with E-state index in [1.165, 1.54) is 16.4 Å². The summed E-state index contributed by atoms with van der Waals surface area (Å²) in [5.74, 6) is 1.01. The Hall–Kier alpha value is -2.74. The molecule has 0 bridgehead atoms. The normalized spacial score (nSPS) is 15.6. The number of aromatic nitrogens is 2. The van der Waals surface area contributed by atoms with E-state index >= 15 is 0 Å². The van der Waals surface area contributed by atoms with E-state index in [0.29, 0.717) is 28.4 Å². The largest absolute Gasteiger partial charge is 0.497 e. The van der Waals surface area contributed by atoms with Gasteiger partial charge in [-0.25, -0.2) is 13.2 Å². The molecule has 1 saturated carbocycles. The van der Waals surface area contributed by atoms with E-state index in [9.17, 15) is 13.2 Å². The van der Waals surface area contributed by atoms with Crippen LogP contribution in [0.2, 0.25) is 0 Å². The molecule has 1 aliphatic rings. The van der Waals surface area contributed by atoms with E-state index in [2.05, 4.69) is 9.97 Å². The first-order valence-electron chi connectivity index (χ1n) is 8.80. The Morgan fingerprint density at radius 3 is 2.37 bits per heavy atom. The molecule has 7 nitrogen and oxygen atoms in total. The molecule has 0 spiro atoms. The molecule has 1 aromatic heterocycles. The molecular formula is C19H21N3O4S. The van der Waals surface area contributed by atoms with Crippen LogP contribution in [0.15, 0.2) is 52.2 Å². The van der Waals surface area contributed by atoms with Crippen LogP contribution in [0.1, 0.15) is 19.8 Å². The van der Waals surface area contributed by atoms with Gasteiger partial charge in [-0.15, -0.1) is 0 Å². The summed E-state index contributed by atoms with van der Waals surface area (Å²) in [6.45, 7) is 1.94. The average Bonchev–Trinajstić information content (AvgIpc) is 3.43. The molecule has 3 aromatic rings. The van der Waals surface area contributed by atoms with Crippen LogP contribution in [0, 0.1) is 5.92 Å². The van der Waals surface area contributed by atoms with Crippen molar-refractivity contribution in [1.29, 1.82) is 0 Å². The van der Waals surface area contributed by atoms with Crippen molar-refractivity contribution in [2.45, 2.75) is 30.7 Å². The molecule has 0 aliphatic heterocycles. The van der Waals surface area contributed by atoms with Crippen LogP contribution in [0.25, 0.3) is 11.0 Å². The van der Waals surface area contributed by atoms with Crippen LogP contribution in [-0.4, -0.2) is 31.5 Å². The van der Waals surface area contributed by atoms with Crippen LogP contribution in [0.4, 0.5) is 5.69 Å². The zero-order valence-corrected chi connectivity index (χ0v) is 15.9. The minimum Gasteiger partial charge on any atom is -0.497 e. The third-order valence-electron chi connectivity index (χ3n) is 5.05. The van der Waals surface area contributed by atoms with E-state index < -0.39 is 10.0 Å². The Labute approximate surface area is 157 Å². The fraction of sp³-hybridized carbons (Fsp3) is 0.316. The Morgan fingerprint density at radius 1 is 1.07 bits per heavy atom. The molecule has 1 unspecified atom stereocenters. The molecule has 2 N–H and O–H groups in total. The number of rotatable bonds is 6. The van der Waals surface area contributed by atoms with Gasteiger partial charge in [0.1, 0.15) is 5.75 Å². The minimum atomic E-state index is -3.80. The Bertz CT molecular complexity index is 1130. The van der Waals surface area contributed by atoms with Crippen molar-refractivity contribution in [2.75, 3.05) is 11.4 Å². The highest BCUT2D eigenvalue weighted by Gasteiger charge is 2.38. The average molecular weight is 387 g/mol. The van der Waals surface area contributed by atoms with Gasteiger partial charge >= 0.3 is 5.69 Å². The maximum atomic E-state index is 13.5. The van der Waals surface area contributed by atoms with Crippen LogP contribution < -0.4 is 14.7 Å². The molecule has 1 heterocycles. The van der Waals surface area contributed by atoms with Gasteiger partial charge in [0.05, 0.1) is 28.7 Å². The zero-order chi connectivity index (χ0) is 19.2. The molecule has 0 radical (unpaired) electrons. The van der Waals surface area contributed by atoms with Crippen molar-refractivity contribution in [1.82, 2.24) is 9.97 Å². The lowest BCUT2D eigenvalue weighted by Crippen LogP contribution is -2.40. The van der Waals surface area contributed by atoms with Gasteiger partial charge < -0.3 is 14.7 Å². The quantitative estimate of drug-likeness (QED) is 0.680. The highest BCUT2D eigenvalue weighted by molar-refractivity contribution is 7.92. The molecule has 4 rings (SSSR count). The number of methoxy groups -OCH3 is 1. The SMILES string of the molecule is COc1ccc(N(C(C)C2CC2)S(=O)(=O)c2ccc3[nH]c(=O)[nH]c3c2)cc1. The van der Waals surface area contributed by atoms with Crippen molar-refractivity contribution < 1.29 is 13.2 Å². The lowest BCUT2D eigenvalue weighted by Gasteiger charge is -2.31. The number of H-pyrrole nitrogens is 2. The second-order valence-electron chi connectivity index (χ2n) is 6.86. The first-order valence-corrected chi connectivity index (χ1v) is 10.2. The van der Waals surface area contributed by atoms with Gasteiger partial charge in [-0.2, -0.15) is 0 Å². The molecule has 0 saturated heterocycles. The summed E-state index contributed by atoms with van der Waals surface area (Å²) in [6, 6.07) is 11.5. The van der Waals surface area contributed by atoms with Gasteiger partial charge in [-0.05, 0) is 68.1 Å². The number of benzene rings is 2. The highest BCUT2D eigenvalue weighted by Crippen LogP contribution is 2.39. The fourth-order valence-electron chi connectivity index (χ4n) is 3.38. The van der Waals surface area contributed by atoms with Crippen LogP contribution in [0.5, 0.6) is 5.75 Å². The van der Waals surface area contributed by atoms with Crippen molar-refractivity contribution in [2.24, 2.45) is 5.92 Å². The van der Waals surface area contributed by atoms with E-state index in [1.807, 2.05) is 6.92 Å². The zero-order valence-electron chi connectivity index (χ0n) is 15.1. The van der Waals surface area contributed by atoms with E-state index in [0.717, 1.165) is 12.8 Å². The van der Waals surface area contributed by atoms with Crippen LogP contribution in [-0.2, 0) is 10.0 Å². The Morgan fingerprint density at radius 2 is 1.74 bits per heavy atom. The van der Waals surface area contributed by atoms with E-state index in [-0.39, 0.29) is 16.6 Å². The lowest BCUT2D eigenvalue weighted by atomic mass is 10.2. The summed E-state index contributed by atoms with van der Waals surface area (Å²) in [5.41, 5.74) is 1.27. The fourth-order valence-corrected chi connectivity index (χ4v) is 5.12. The minimum absolute atomic E-state index is 0.147. The van der Waals surface area contributed by atoms with Crippen molar-refractivity contribution >= 4 is 26.7 Å². The van der Waals surface area contributed by atoms with Gasteiger partial charge in [0, 0.05) is 6.04 Å². The van der Waals surface area contributed by atoms with Crippen molar-refractivity contribution in [3.8, 4) is 5.75 Å². The molecule has 142 valence electrons. The molecule has 0 amide bonds. The molecule has 8 heteroatoms. The summed E-state index contributed by atoms with van der Waals surface area (Å²) in [7, 11) is -2.23. The van der Waals surface area contributed by atoms with Crippen molar-refractivity contribution in [3.63, 3.8) is 0 Å². The number of hydrogen-bond acceptors (Lipinski definition) is 4. The number of aromatic amines is 2. The Balaban J connectivity index is 1.81. The second-order valence-corrected chi connectivity index (χ2v) is 8.68. The van der Waals surface area contributed by atoms with Gasteiger partial charge in [0.25, 0.3) is 10.0 Å². The topological polar surface area (TPSA) is 95.3 Å². The van der Waals surface area contributed by atoms with E-state index in [4.69, 9.17) is 4.74 Å². The predicted molar refractivity (Wildman–Crippen MR) is 104 cm³/mol. The van der Waals surface area contributed by atoms with Gasteiger partial charge in [0.15, 0.2) is 0 Å². The number of imidazole rings is 1. The third kappa shape index (κ3) is 3.21. The number of sulfonamides is 1. The summed E-state index contributed by atoms with van der Waals surface area (Å²) in [6.07, 6.45) is 2.04. The number of nitrogens with one attached hydrogen (secondary N) is 2. The van der Waals surface area contributed by atoms with Gasteiger partial charge in [-0.1, -0.05) is 0 Å². The number of fused-ring (bicyclic) bond motifs is 1. The summed E-state index contributed by atoms with van der Waals surface area (Å²) < 4.78 is 33.7. The van der Waals surface area contributed by atoms with Gasteiger partial charge in [-0.3, -0.25) is 4.31 Å². The first-order chi connectivity index (χ1) is 12.9. The summed E-state index contributed by atoms with van der Waals surface area (Å²) in [5, 5.41) is 0. The third-order valence-corrected chi connectivity index (χ3v) is 6.96. The number of nitrogens with zero attached hydrogens (tertiary/aromatic N) is 1. The molecule has 1 fully saturated rings. The number of hydrogen-bond donors (Lipinski definition) is 2. The smallest absolute Gasteiger partial charge is 0.323 e. The van der Waals surface area contributed by atoms with Gasteiger partial charge in [0.2, 0.25) is 0 Å². The van der Waals surface area contributed by atoms with Crippen LogP contribution in [0.3, 0.4) is 0 Å². The maximum Gasteiger partial charge on any atom is 0.323 e. The number of anilines is 1. The molecule has 2 aromatic carbocycles. The van der Waals surface area contributed by atoms with Crippen molar-refractivity contribution in [3.05, 3.63) is 52.9 Å².